The van der Waals surface area contributed by atoms with E-state index in [0.717, 1.165) is 6.08 Å². The molecule has 0 spiro atoms. The van der Waals surface area contributed by atoms with Crippen LogP contribution in [0.1, 0.15) is 6.42 Å². The van der Waals surface area contributed by atoms with Crippen molar-refractivity contribution in [1.82, 2.24) is 0 Å². The number of rotatable bonds is 3. The van der Waals surface area contributed by atoms with Crippen LogP contribution in [0.3, 0.4) is 0 Å². The summed E-state index contributed by atoms with van der Waals surface area (Å²) in [7, 11) is -10.1. The van der Waals surface area contributed by atoms with E-state index < -0.39 is 26.1 Å². The summed E-state index contributed by atoms with van der Waals surface area (Å²) < 4.78 is 22.4. The Bertz CT molecular complexity index is 443. The smallest absolute Gasteiger partial charge is 0.324 e. The normalized spacial score (nSPS) is 26.2. The summed E-state index contributed by atoms with van der Waals surface area (Å²) in [6, 6.07) is 0. The van der Waals surface area contributed by atoms with Crippen molar-refractivity contribution in [2.75, 3.05) is 0 Å². The first-order valence-corrected chi connectivity index (χ1v) is 8.15. The van der Waals surface area contributed by atoms with Crippen LogP contribution in [0.5, 0.6) is 0 Å². The highest BCUT2D eigenvalue weighted by molar-refractivity contribution is 7.71. The van der Waals surface area contributed by atoms with Gasteiger partial charge < -0.3 is 25.3 Å². The van der Waals surface area contributed by atoms with Crippen LogP contribution in [0.4, 0.5) is 0 Å². The van der Waals surface area contributed by atoms with Gasteiger partial charge in [-0.15, -0.1) is 0 Å². The number of allylic oxidation sites excluding steroid dienone is 2. The standard InChI is InChI=1S/C7H12ClNO6P2/c8-5-1-3-7(9,4-2-5)6(16(10,11)12)17(13,14)15/h1-3,6H,4,9H2,(H2,10,11,12)(H2,13,14,15). The van der Waals surface area contributed by atoms with E-state index in [4.69, 9.17) is 36.9 Å². The minimum Gasteiger partial charge on any atom is -0.324 e. The van der Waals surface area contributed by atoms with E-state index in [1.807, 2.05) is 0 Å². The Morgan fingerprint density at radius 1 is 1.29 bits per heavy atom. The van der Waals surface area contributed by atoms with Gasteiger partial charge in [0.05, 0.1) is 5.54 Å². The lowest BCUT2D eigenvalue weighted by molar-refractivity contribution is 0.316. The Kier molecular flexibility index (Phi) is 4.09. The molecule has 1 aliphatic rings. The third-order valence-corrected chi connectivity index (χ3v) is 6.64. The van der Waals surface area contributed by atoms with Gasteiger partial charge in [-0.3, -0.25) is 9.13 Å². The maximum Gasteiger partial charge on any atom is 0.342 e. The van der Waals surface area contributed by atoms with Crippen LogP contribution in [0.15, 0.2) is 23.3 Å². The number of halogens is 1. The van der Waals surface area contributed by atoms with Crippen molar-refractivity contribution in [1.29, 1.82) is 0 Å². The highest BCUT2D eigenvalue weighted by atomic mass is 35.5. The minimum atomic E-state index is -5.06. The monoisotopic (exact) mass is 303 g/mol. The van der Waals surface area contributed by atoms with Crippen LogP contribution < -0.4 is 5.73 Å². The molecule has 0 saturated heterocycles. The molecule has 1 atom stereocenters. The van der Waals surface area contributed by atoms with Crippen molar-refractivity contribution >= 4 is 26.8 Å². The van der Waals surface area contributed by atoms with Crippen molar-refractivity contribution in [3.8, 4) is 0 Å². The molecule has 0 saturated carbocycles. The molecule has 0 amide bonds. The van der Waals surface area contributed by atoms with Gasteiger partial charge in [0.1, 0.15) is 0 Å². The van der Waals surface area contributed by atoms with Crippen LogP contribution in [-0.4, -0.2) is 30.5 Å². The van der Waals surface area contributed by atoms with Gasteiger partial charge in [-0.25, -0.2) is 0 Å². The molecular formula is C7H12ClNO6P2. The first-order chi connectivity index (χ1) is 7.47. The molecule has 1 aliphatic carbocycles. The second-order valence-corrected chi connectivity index (χ2v) is 8.02. The third kappa shape index (κ3) is 3.50. The average molecular weight is 304 g/mol. The SMILES string of the molecule is NC1(C(P(=O)(O)O)P(=O)(O)O)C=CC(Cl)=CC1. The van der Waals surface area contributed by atoms with Crippen LogP contribution in [0, 0.1) is 0 Å². The number of hydrogen-bond donors (Lipinski definition) is 5. The molecule has 0 bridgehead atoms. The molecule has 0 aliphatic heterocycles. The molecular weight excluding hydrogens is 291 g/mol. The summed E-state index contributed by atoms with van der Waals surface area (Å²) in [6.45, 7) is 0. The molecule has 98 valence electrons. The average Bonchev–Trinajstić information content (AvgIpc) is 2.05. The molecule has 0 radical (unpaired) electrons. The summed E-state index contributed by atoms with van der Waals surface area (Å²) in [4.78, 5) is 36.2. The van der Waals surface area contributed by atoms with Gasteiger partial charge in [0, 0.05) is 5.03 Å². The second kappa shape index (κ2) is 4.61. The Balaban J connectivity index is 3.23. The highest BCUT2D eigenvalue weighted by Crippen LogP contribution is 2.64. The Labute approximate surface area is 102 Å². The van der Waals surface area contributed by atoms with E-state index in [1.165, 1.54) is 12.2 Å². The second-order valence-electron chi connectivity index (χ2n) is 3.79. The van der Waals surface area contributed by atoms with Gasteiger partial charge in [0.2, 0.25) is 0 Å². The number of nitrogens with two attached hydrogens (primary N) is 1. The predicted octanol–water partition coefficient (Wildman–Crippen LogP) is 0.448. The van der Waals surface area contributed by atoms with E-state index in [2.05, 4.69) is 0 Å². The molecule has 0 aromatic heterocycles. The lowest BCUT2D eigenvalue weighted by Crippen LogP contribution is -2.49. The van der Waals surface area contributed by atoms with Crippen LogP contribution in [0.2, 0.25) is 0 Å². The van der Waals surface area contributed by atoms with Gasteiger partial charge in [0.25, 0.3) is 0 Å². The zero-order chi connectivity index (χ0) is 13.5. The van der Waals surface area contributed by atoms with E-state index in [1.54, 1.807) is 0 Å². The fourth-order valence-electron chi connectivity index (χ4n) is 1.66. The zero-order valence-corrected chi connectivity index (χ0v) is 11.0. The predicted molar refractivity (Wildman–Crippen MR) is 62.5 cm³/mol. The van der Waals surface area contributed by atoms with E-state index in [-0.39, 0.29) is 6.42 Å². The first-order valence-electron chi connectivity index (χ1n) is 4.41. The van der Waals surface area contributed by atoms with Crippen molar-refractivity contribution in [2.45, 2.75) is 17.4 Å². The van der Waals surface area contributed by atoms with Crippen molar-refractivity contribution in [2.24, 2.45) is 5.73 Å². The molecule has 0 heterocycles. The third-order valence-electron chi connectivity index (χ3n) is 2.32. The Morgan fingerprint density at radius 2 is 1.76 bits per heavy atom. The fraction of sp³-hybridized carbons (Fsp3) is 0.429. The molecule has 7 nitrogen and oxygen atoms in total. The summed E-state index contributed by atoms with van der Waals surface area (Å²) in [5.74, 6) is 0. The topological polar surface area (TPSA) is 141 Å². The quantitative estimate of drug-likeness (QED) is 0.476. The first kappa shape index (κ1) is 15.1. The van der Waals surface area contributed by atoms with Crippen molar-refractivity contribution < 1.29 is 28.7 Å². The van der Waals surface area contributed by atoms with E-state index >= 15 is 0 Å². The van der Waals surface area contributed by atoms with Crippen LogP contribution >= 0.6 is 26.8 Å². The Hall–Kier alpha value is 0.0300. The largest absolute Gasteiger partial charge is 0.342 e. The molecule has 0 aromatic rings. The van der Waals surface area contributed by atoms with Gasteiger partial charge in [-0.05, 0) is 12.5 Å². The lowest BCUT2D eigenvalue weighted by atomic mass is 9.94. The summed E-state index contributed by atoms with van der Waals surface area (Å²) in [6.07, 6.45) is 3.55. The maximum atomic E-state index is 11.2. The maximum absolute atomic E-state index is 11.2. The van der Waals surface area contributed by atoms with Gasteiger partial charge in [-0.2, -0.15) is 0 Å². The zero-order valence-electron chi connectivity index (χ0n) is 8.47. The molecule has 0 aromatic carbocycles. The van der Waals surface area contributed by atoms with Crippen LogP contribution in [-0.2, 0) is 9.13 Å². The molecule has 1 unspecified atom stereocenters. The van der Waals surface area contributed by atoms with Crippen LogP contribution in [0.25, 0.3) is 0 Å². The lowest BCUT2D eigenvalue weighted by Gasteiger charge is -2.35. The Morgan fingerprint density at radius 3 is 2.06 bits per heavy atom. The summed E-state index contributed by atoms with van der Waals surface area (Å²) in [5, 5.41) is -1.99. The van der Waals surface area contributed by atoms with Gasteiger partial charge in [0.15, 0.2) is 5.40 Å². The van der Waals surface area contributed by atoms with Gasteiger partial charge >= 0.3 is 15.2 Å². The number of hydrogen-bond acceptors (Lipinski definition) is 3. The van der Waals surface area contributed by atoms with Crippen molar-refractivity contribution in [3.63, 3.8) is 0 Å². The highest BCUT2D eigenvalue weighted by Gasteiger charge is 2.54. The van der Waals surface area contributed by atoms with Crippen molar-refractivity contribution in [3.05, 3.63) is 23.3 Å². The molecule has 0 fully saturated rings. The molecule has 1 rings (SSSR count). The molecule has 17 heavy (non-hydrogen) atoms. The van der Waals surface area contributed by atoms with E-state index in [0.29, 0.717) is 5.03 Å². The molecule has 10 heteroatoms. The van der Waals surface area contributed by atoms with Gasteiger partial charge in [-0.1, -0.05) is 23.8 Å². The van der Waals surface area contributed by atoms with E-state index in [9.17, 15) is 9.13 Å². The fourth-order valence-corrected chi connectivity index (χ4v) is 5.00. The minimum absolute atomic E-state index is 0.163. The summed E-state index contributed by atoms with van der Waals surface area (Å²) in [5.41, 5.74) is 3.84. The summed E-state index contributed by atoms with van der Waals surface area (Å²) >= 11 is 5.61. The molecule has 6 N–H and O–H groups in total.